The van der Waals surface area contributed by atoms with Crippen molar-refractivity contribution >= 4 is 29.9 Å². The number of hydrogen-bond donors (Lipinski definition) is 2. The number of likely N-dealkylation sites (tertiary alicyclic amines) is 1. The van der Waals surface area contributed by atoms with E-state index in [9.17, 15) is 0 Å². The number of nitrogens with two attached hydrogens (primary N) is 1. The number of aryl methyl sites for hydroxylation is 2. The molecule has 0 atom stereocenters. The Bertz CT molecular complexity index is 721. The number of halogens is 1. The number of pyridine rings is 1. The van der Waals surface area contributed by atoms with Gasteiger partial charge in [-0.15, -0.1) is 24.0 Å². The van der Waals surface area contributed by atoms with Gasteiger partial charge in [0.05, 0.1) is 12.2 Å². The smallest absolute Gasteiger partial charge is 0.208 e. The van der Waals surface area contributed by atoms with Crippen LogP contribution < -0.4 is 11.1 Å². The van der Waals surface area contributed by atoms with Gasteiger partial charge in [-0.25, -0.2) is 4.98 Å². The average molecular weight is 498 g/mol. The van der Waals surface area contributed by atoms with Crippen molar-refractivity contribution in [1.82, 2.24) is 20.2 Å². The minimum atomic E-state index is 0. The van der Waals surface area contributed by atoms with Gasteiger partial charge in [-0.3, -0.25) is 14.9 Å². The van der Waals surface area contributed by atoms with Crippen LogP contribution in [0.15, 0.2) is 33.8 Å². The molecule has 0 bridgehead atoms. The topological polar surface area (TPSA) is 92.6 Å². The van der Waals surface area contributed by atoms with Crippen LogP contribution in [-0.4, -0.2) is 47.0 Å². The average Bonchev–Trinajstić information content (AvgIpc) is 2.99. The first kappa shape index (κ1) is 22.6. The summed E-state index contributed by atoms with van der Waals surface area (Å²) in [6.45, 7) is 8.38. The van der Waals surface area contributed by atoms with Gasteiger partial charge in [0.2, 0.25) is 5.89 Å². The zero-order valence-corrected chi connectivity index (χ0v) is 19.1. The number of aliphatic imine (C=N–C) groups is 1. The molecule has 0 saturated carbocycles. The molecule has 0 aliphatic carbocycles. The number of piperidine rings is 1. The maximum absolute atomic E-state index is 5.99. The Labute approximate surface area is 184 Å². The molecule has 3 rings (SSSR count). The summed E-state index contributed by atoms with van der Waals surface area (Å²) in [6.07, 6.45) is 4.91. The fourth-order valence-corrected chi connectivity index (χ4v) is 3.27. The SMILES string of the molecule is Cc1nc(CN2CCC(CN=C(N)NCCc3ccccn3)CC2)oc1C.I. The quantitative estimate of drug-likeness (QED) is 0.347. The van der Waals surface area contributed by atoms with Crippen molar-refractivity contribution in [3.63, 3.8) is 0 Å². The molecule has 0 amide bonds. The summed E-state index contributed by atoms with van der Waals surface area (Å²) in [5.41, 5.74) is 8.03. The van der Waals surface area contributed by atoms with Gasteiger partial charge in [-0.05, 0) is 57.8 Å². The van der Waals surface area contributed by atoms with Crippen LogP contribution in [0.3, 0.4) is 0 Å². The first-order valence-electron chi connectivity index (χ1n) is 9.69. The highest BCUT2D eigenvalue weighted by atomic mass is 127. The van der Waals surface area contributed by atoms with E-state index in [2.05, 4.69) is 25.2 Å². The number of nitrogens with zero attached hydrogens (tertiary/aromatic N) is 4. The van der Waals surface area contributed by atoms with Gasteiger partial charge in [0.1, 0.15) is 5.76 Å². The zero-order valence-electron chi connectivity index (χ0n) is 16.7. The lowest BCUT2D eigenvalue weighted by atomic mass is 9.97. The standard InChI is InChI=1S/C20H30N6O.HI/c1-15-16(2)27-19(25-15)14-26-11-7-17(8-12-26)13-24-20(21)23-10-6-18-5-3-4-9-22-18;/h3-5,9,17H,6-8,10-14H2,1-2H3,(H3,21,23,24);1H. The first-order chi connectivity index (χ1) is 13.1. The number of aromatic nitrogens is 2. The van der Waals surface area contributed by atoms with Crippen LogP contribution in [0, 0.1) is 19.8 Å². The Hall–Kier alpha value is -1.68. The maximum atomic E-state index is 5.99. The fourth-order valence-electron chi connectivity index (χ4n) is 3.27. The molecule has 1 fully saturated rings. The van der Waals surface area contributed by atoms with Crippen molar-refractivity contribution in [2.75, 3.05) is 26.2 Å². The molecule has 154 valence electrons. The molecule has 28 heavy (non-hydrogen) atoms. The third kappa shape index (κ3) is 7.05. The minimum Gasteiger partial charge on any atom is -0.444 e. The number of guanidine groups is 1. The van der Waals surface area contributed by atoms with Gasteiger partial charge >= 0.3 is 0 Å². The van der Waals surface area contributed by atoms with Gasteiger partial charge < -0.3 is 15.5 Å². The van der Waals surface area contributed by atoms with E-state index in [4.69, 9.17) is 10.2 Å². The lowest BCUT2D eigenvalue weighted by Gasteiger charge is -2.30. The summed E-state index contributed by atoms with van der Waals surface area (Å²) in [7, 11) is 0. The highest BCUT2D eigenvalue weighted by molar-refractivity contribution is 14.0. The zero-order chi connectivity index (χ0) is 19.1. The summed E-state index contributed by atoms with van der Waals surface area (Å²) in [5, 5.41) is 3.18. The lowest BCUT2D eigenvalue weighted by Crippen LogP contribution is -2.36. The van der Waals surface area contributed by atoms with Gasteiger partial charge in [-0.2, -0.15) is 0 Å². The number of nitrogens with one attached hydrogen (secondary N) is 1. The highest BCUT2D eigenvalue weighted by Crippen LogP contribution is 2.20. The molecule has 0 radical (unpaired) electrons. The third-order valence-corrected chi connectivity index (χ3v) is 5.07. The molecule has 7 nitrogen and oxygen atoms in total. The summed E-state index contributed by atoms with van der Waals surface area (Å²) in [6, 6.07) is 5.94. The Kier molecular flexibility index (Phi) is 9.17. The van der Waals surface area contributed by atoms with Crippen LogP contribution in [0.5, 0.6) is 0 Å². The summed E-state index contributed by atoms with van der Waals surface area (Å²) in [5.74, 6) is 2.85. The van der Waals surface area contributed by atoms with Crippen LogP contribution in [0.2, 0.25) is 0 Å². The molecule has 0 aromatic carbocycles. The van der Waals surface area contributed by atoms with E-state index in [1.54, 1.807) is 0 Å². The van der Waals surface area contributed by atoms with Gasteiger partial charge in [0.15, 0.2) is 5.96 Å². The molecule has 1 saturated heterocycles. The van der Waals surface area contributed by atoms with Crippen LogP contribution in [0.1, 0.15) is 35.9 Å². The molecule has 2 aromatic heterocycles. The largest absolute Gasteiger partial charge is 0.444 e. The normalized spacial score (nSPS) is 16.0. The van der Waals surface area contributed by atoms with E-state index in [-0.39, 0.29) is 24.0 Å². The summed E-state index contributed by atoms with van der Waals surface area (Å²) >= 11 is 0. The van der Waals surface area contributed by atoms with E-state index < -0.39 is 0 Å². The molecule has 0 unspecified atom stereocenters. The molecule has 1 aliphatic rings. The first-order valence-corrected chi connectivity index (χ1v) is 9.69. The second kappa shape index (κ2) is 11.4. The Balaban J connectivity index is 0.00000280. The monoisotopic (exact) mass is 498 g/mol. The molecule has 1 aliphatic heterocycles. The molecular formula is C20H31IN6O. The van der Waals surface area contributed by atoms with Crippen molar-refractivity contribution in [1.29, 1.82) is 0 Å². The third-order valence-electron chi connectivity index (χ3n) is 5.07. The molecule has 3 heterocycles. The van der Waals surface area contributed by atoms with E-state index in [1.165, 1.54) is 0 Å². The maximum Gasteiger partial charge on any atom is 0.208 e. The number of rotatable bonds is 7. The molecule has 0 spiro atoms. The van der Waals surface area contributed by atoms with Crippen LogP contribution in [0.4, 0.5) is 0 Å². The molecular weight excluding hydrogens is 467 g/mol. The summed E-state index contributed by atoms with van der Waals surface area (Å²) < 4.78 is 5.69. The Morgan fingerprint density at radius 3 is 2.75 bits per heavy atom. The Morgan fingerprint density at radius 2 is 2.11 bits per heavy atom. The number of oxazole rings is 1. The van der Waals surface area contributed by atoms with E-state index in [0.717, 1.165) is 75.0 Å². The van der Waals surface area contributed by atoms with Crippen molar-refractivity contribution in [3.05, 3.63) is 47.4 Å². The van der Waals surface area contributed by atoms with E-state index in [0.29, 0.717) is 11.9 Å². The Morgan fingerprint density at radius 1 is 1.32 bits per heavy atom. The second-order valence-corrected chi connectivity index (χ2v) is 7.19. The molecule has 3 N–H and O–H groups in total. The second-order valence-electron chi connectivity index (χ2n) is 7.19. The van der Waals surface area contributed by atoms with Crippen LogP contribution >= 0.6 is 24.0 Å². The number of hydrogen-bond acceptors (Lipinski definition) is 5. The molecule has 8 heteroatoms. The van der Waals surface area contributed by atoms with Crippen LogP contribution in [0.25, 0.3) is 0 Å². The summed E-state index contributed by atoms with van der Waals surface area (Å²) in [4.78, 5) is 15.7. The highest BCUT2D eigenvalue weighted by Gasteiger charge is 2.20. The fraction of sp³-hybridized carbons (Fsp3) is 0.550. The van der Waals surface area contributed by atoms with Crippen molar-refractivity contribution in [2.45, 2.75) is 39.7 Å². The van der Waals surface area contributed by atoms with Crippen molar-refractivity contribution in [3.8, 4) is 0 Å². The lowest BCUT2D eigenvalue weighted by molar-refractivity contribution is 0.166. The minimum absolute atomic E-state index is 0. The van der Waals surface area contributed by atoms with E-state index in [1.807, 2.05) is 38.2 Å². The van der Waals surface area contributed by atoms with Gasteiger partial charge in [0, 0.05) is 31.4 Å². The van der Waals surface area contributed by atoms with Crippen LogP contribution in [-0.2, 0) is 13.0 Å². The predicted octanol–water partition coefficient (Wildman–Crippen LogP) is 2.66. The van der Waals surface area contributed by atoms with Gasteiger partial charge in [0.25, 0.3) is 0 Å². The van der Waals surface area contributed by atoms with Crippen molar-refractivity contribution in [2.24, 2.45) is 16.6 Å². The molecule has 2 aromatic rings. The van der Waals surface area contributed by atoms with Gasteiger partial charge in [-0.1, -0.05) is 6.07 Å². The van der Waals surface area contributed by atoms with E-state index >= 15 is 0 Å². The van der Waals surface area contributed by atoms with Crippen molar-refractivity contribution < 1.29 is 4.42 Å². The predicted molar refractivity (Wildman–Crippen MR) is 122 cm³/mol.